The van der Waals surface area contributed by atoms with Crippen molar-refractivity contribution in [2.75, 3.05) is 25.1 Å². The minimum Gasteiger partial charge on any atom is -0.496 e. The SMILES string of the molecule is COc1ccccc1C1CCN(c2ccc([N+](=O)[O-])cc2C=CC(=O)O)CC1. The van der Waals surface area contributed by atoms with Crippen molar-refractivity contribution in [2.24, 2.45) is 0 Å². The largest absolute Gasteiger partial charge is 0.496 e. The second-order valence-corrected chi connectivity index (χ2v) is 6.68. The van der Waals surface area contributed by atoms with E-state index in [9.17, 15) is 14.9 Å². The van der Waals surface area contributed by atoms with Crippen molar-refractivity contribution in [3.8, 4) is 5.75 Å². The summed E-state index contributed by atoms with van der Waals surface area (Å²) in [5.74, 6) is 0.178. The normalized spacial score (nSPS) is 15.0. The predicted octanol–water partition coefficient (Wildman–Crippen LogP) is 4.09. The minimum atomic E-state index is -1.09. The van der Waals surface area contributed by atoms with E-state index in [1.54, 1.807) is 13.2 Å². The van der Waals surface area contributed by atoms with Gasteiger partial charge in [-0.2, -0.15) is 0 Å². The van der Waals surface area contributed by atoms with Gasteiger partial charge in [0.1, 0.15) is 5.75 Å². The number of nitro benzene ring substituents is 1. The first-order valence-electron chi connectivity index (χ1n) is 9.07. The summed E-state index contributed by atoms with van der Waals surface area (Å²) in [6.45, 7) is 1.54. The molecule has 0 atom stereocenters. The number of non-ortho nitro benzene ring substituents is 1. The number of ether oxygens (including phenoxy) is 1. The molecule has 0 spiro atoms. The third-order valence-corrected chi connectivity index (χ3v) is 5.04. The molecule has 146 valence electrons. The molecule has 0 amide bonds. The van der Waals surface area contributed by atoms with E-state index in [0.717, 1.165) is 43.4 Å². The molecular weight excluding hydrogens is 360 g/mol. The van der Waals surface area contributed by atoms with Gasteiger partial charge in [0.25, 0.3) is 5.69 Å². The highest BCUT2D eigenvalue weighted by Crippen LogP contribution is 2.36. The molecule has 2 aromatic rings. The molecule has 1 N–H and O–H groups in total. The van der Waals surface area contributed by atoms with E-state index in [1.807, 2.05) is 18.2 Å². The summed E-state index contributed by atoms with van der Waals surface area (Å²) in [6, 6.07) is 12.6. The molecule has 0 saturated carbocycles. The maximum Gasteiger partial charge on any atom is 0.328 e. The van der Waals surface area contributed by atoms with Crippen molar-refractivity contribution in [1.82, 2.24) is 0 Å². The maximum atomic E-state index is 11.1. The van der Waals surface area contributed by atoms with Crippen LogP contribution in [0.4, 0.5) is 11.4 Å². The van der Waals surface area contributed by atoms with Crippen molar-refractivity contribution in [3.05, 3.63) is 69.8 Å². The van der Waals surface area contributed by atoms with Crippen LogP contribution >= 0.6 is 0 Å². The molecule has 1 fully saturated rings. The summed E-state index contributed by atoms with van der Waals surface area (Å²) in [7, 11) is 1.67. The Morgan fingerprint density at radius 1 is 1.25 bits per heavy atom. The number of nitro groups is 1. The van der Waals surface area contributed by atoms with E-state index in [0.29, 0.717) is 11.5 Å². The van der Waals surface area contributed by atoms with Gasteiger partial charge in [-0.1, -0.05) is 18.2 Å². The smallest absolute Gasteiger partial charge is 0.328 e. The van der Waals surface area contributed by atoms with Crippen LogP contribution in [0.5, 0.6) is 5.75 Å². The van der Waals surface area contributed by atoms with Gasteiger partial charge in [-0.3, -0.25) is 10.1 Å². The van der Waals surface area contributed by atoms with Crippen LogP contribution in [0.3, 0.4) is 0 Å². The molecule has 1 heterocycles. The van der Waals surface area contributed by atoms with E-state index in [-0.39, 0.29) is 5.69 Å². The number of para-hydroxylation sites is 1. The zero-order chi connectivity index (χ0) is 20.1. The van der Waals surface area contributed by atoms with Crippen LogP contribution in [0.15, 0.2) is 48.5 Å². The third-order valence-electron chi connectivity index (χ3n) is 5.04. The quantitative estimate of drug-likeness (QED) is 0.460. The second kappa shape index (κ2) is 8.56. The Labute approximate surface area is 163 Å². The lowest BCUT2D eigenvalue weighted by Crippen LogP contribution is -2.33. The monoisotopic (exact) mass is 382 g/mol. The van der Waals surface area contributed by atoms with Crippen LogP contribution in [0.25, 0.3) is 6.08 Å². The molecular formula is C21H22N2O5. The molecule has 0 unspecified atom stereocenters. The van der Waals surface area contributed by atoms with Gasteiger partial charge in [-0.15, -0.1) is 0 Å². The lowest BCUT2D eigenvalue weighted by Gasteiger charge is -2.35. The number of carboxylic acid groups (broad SMARTS) is 1. The first-order chi connectivity index (χ1) is 13.5. The number of nitrogens with zero attached hydrogens (tertiary/aromatic N) is 2. The van der Waals surface area contributed by atoms with Crippen molar-refractivity contribution in [3.63, 3.8) is 0 Å². The van der Waals surface area contributed by atoms with Crippen LogP contribution in [-0.4, -0.2) is 36.2 Å². The summed E-state index contributed by atoms with van der Waals surface area (Å²) in [5, 5.41) is 20.0. The van der Waals surface area contributed by atoms with Gasteiger partial charge in [0.05, 0.1) is 12.0 Å². The first-order valence-corrected chi connectivity index (χ1v) is 9.07. The van der Waals surface area contributed by atoms with Crippen molar-refractivity contribution in [1.29, 1.82) is 0 Å². The van der Waals surface area contributed by atoms with Gasteiger partial charge >= 0.3 is 5.97 Å². The molecule has 0 radical (unpaired) electrons. The zero-order valence-electron chi connectivity index (χ0n) is 15.6. The Balaban J connectivity index is 1.81. The number of anilines is 1. The van der Waals surface area contributed by atoms with E-state index in [2.05, 4.69) is 11.0 Å². The summed E-state index contributed by atoms with van der Waals surface area (Å²) >= 11 is 0. The molecule has 7 nitrogen and oxygen atoms in total. The minimum absolute atomic E-state index is 0.0577. The number of aliphatic carboxylic acids is 1. The molecule has 7 heteroatoms. The van der Waals surface area contributed by atoms with Gasteiger partial charge in [-0.25, -0.2) is 4.79 Å². The lowest BCUT2D eigenvalue weighted by molar-refractivity contribution is -0.384. The highest BCUT2D eigenvalue weighted by molar-refractivity contribution is 5.87. The highest BCUT2D eigenvalue weighted by atomic mass is 16.6. The third kappa shape index (κ3) is 4.31. The van der Waals surface area contributed by atoms with Gasteiger partial charge in [0.2, 0.25) is 0 Å². The number of rotatable bonds is 6. The Hall–Kier alpha value is -3.35. The van der Waals surface area contributed by atoms with Crippen molar-refractivity contribution >= 4 is 23.4 Å². The number of carboxylic acids is 1. The second-order valence-electron chi connectivity index (χ2n) is 6.68. The number of hydrogen-bond acceptors (Lipinski definition) is 5. The number of piperidine rings is 1. The number of carbonyl (C=O) groups is 1. The number of methoxy groups -OCH3 is 1. The van der Waals surface area contributed by atoms with E-state index < -0.39 is 10.9 Å². The van der Waals surface area contributed by atoms with Crippen LogP contribution in [0, 0.1) is 10.1 Å². The summed E-state index contributed by atoms with van der Waals surface area (Å²) in [6.07, 6.45) is 4.25. The maximum absolute atomic E-state index is 11.1. The van der Waals surface area contributed by atoms with Crippen molar-refractivity contribution in [2.45, 2.75) is 18.8 Å². The van der Waals surface area contributed by atoms with Gasteiger partial charge in [0, 0.05) is 42.5 Å². The Kier molecular flexibility index (Phi) is 5.93. The highest BCUT2D eigenvalue weighted by Gasteiger charge is 2.24. The predicted molar refractivity (Wildman–Crippen MR) is 107 cm³/mol. The Morgan fingerprint density at radius 3 is 2.61 bits per heavy atom. The standard InChI is InChI=1S/C21H22N2O5/c1-28-20-5-3-2-4-18(20)15-10-12-22(13-11-15)19-8-7-17(23(26)27)14-16(19)6-9-21(24)25/h2-9,14-15H,10-13H2,1H3,(H,24,25). The number of benzene rings is 2. The fourth-order valence-electron chi connectivity index (χ4n) is 3.67. The van der Waals surface area contributed by atoms with Crippen LogP contribution < -0.4 is 9.64 Å². The lowest BCUT2D eigenvalue weighted by atomic mass is 9.88. The Bertz CT molecular complexity index is 901. The molecule has 28 heavy (non-hydrogen) atoms. The molecule has 2 aromatic carbocycles. The van der Waals surface area contributed by atoms with Crippen molar-refractivity contribution < 1.29 is 19.6 Å². The molecule has 0 aliphatic carbocycles. The van der Waals surface area contributed by atoms with Crippen LogP contribution in [0.1, 0.15) is 29.9 Å². The van der Waals surface area contributed by atoms with Crippen LogP contribution in [0.2, 0.25) is 0 Å². The summed E-state index contributed by atoms with van der Waals surface area (Å²) in [4.78, 5) is 23.6. The fraction of sp³-hybridized carbons (Fsp3) is 0.286. The van der Waals surface area contributed by atoms with E-state index >= 15 is 0 Å². The Morgan fingerprint density at radius 2 is 1.96 bits per heavy atom. The van der Waals surface area contributed by atoms with E-state index in [1.165, 1.54) is 23.8 Å². The average Bonchev–Trinajstić information content (AvgIpc) is 2.72. The van der Waals surface area contributed by atoms with E-state index in [4.69, 9.17) is 9.84 Å². The summed E-state index contributed by atoms with van der Waals surface area (Å²) in [5.41, 5.74) is 2.48. The average molecular weight is 382 g/mol. The van der Waals surface area contributed by atoms with Gasteiger partial charge in [0.15, 0.2) is 0 Å². The fourth-order valence-corrected chi connectivity index (χ4v) is 3.67. The number of hydrogen-bond donors (Lipinski definition) is 1. The molecule has 1 saturated heterocycles. The van der Waals surface area contributed by atoms with Gasteiger partial charge in [-0.05, 0) is 42.5 Å². The first kappa shape index (κ1) is 19.4. The summed E-state index contributed by atoms with van der Waals surface area (Å²) < 4.78 is 5.48. The molecule has 1 aliphatic rings. The molecule has 0 bridgehead atoms. The molecule has 0 aromatic heterocycles. The van der Waals surface area contributed by atoms with Gasteiger partial charge < -0.3 is 14.7 Å². The topological polar surface area (TPSA) is 92.9 Å². The molecule has 1 aliphatic heterocycles. The molecule has 3 rings (SSSR count). The zero-order valence-corrected chi connectivity index (χ0v) is 15.6. The van der Waals surface area contributed by atoms with Crippen LogP contribution in [-0.2, 0) is 4.79 Å².